The van der Waals surface area contributed by atoms with Crippen LogP contribution >= 0.6 is 0 Å². The van der Waals surface area contributed by atoms with E-state index in [1.807, 2.05) is 0 Å². The number of carbonyl (C=O) groups excluding carboxylic acids is 1. The van der Waals surface area contributed by atoms with Crippen molar-refractivity contribution in [3.63, 3.8) is 0 Å². The van der Waals surface area contributed by atoms with E-state index >= 15 is 0 Å². The molecule has 0 radical (unpaired) electrons. The van der Waals surface area contributed by atoms with Crippen LogP contribution in [0.4, 0.5) is 4.79 Å². The van der Waals surface area contributed by atoms with E-state index < -0.39 is 24.6 Å². The number of amides is 2. The fourth-order valence-corrected chi connectivity index (χ4v) is 1.07. The van der Waals surface area contributed by atoms with E-state index in [-0.39, 0.29) is 6.54 Å². The van der Waals surface area contributed by atoms with Crippen LogP contribution in [0.15, 0.2) is 10.6 Å². The van der Waals surface area contributed by atoms with Gasteiger partial charge in [0.15, 0.2) is 6.04 Å². The summed E-state index contributed by atoms with van der Waals surface area (Å²) in [4.78, 5) is 21.8. The minimum Gasteiger partial charge on any atom is -0.480 e. The molecule has 1 rings (SSSR count). The number of nitrogens with one attached hydrogen (secondary N) is 2. The molecule has 17 heavy (non-hydrogen) atoms. The standard InChI is InChI=1S/C9H13N3O5/c1-5-2-6(12-17-5)3-10-9(16)11-7(4-13)8(14)15/h2,7,13H,3-4H2,1H3,(H,14,15)(H2,10,11,16)/t7-/m0/s1. The summed E-state index contributed by atoms with van der Waals surface area (Å²) in [5, 5.41) is 25.4. The zero-order valence-electron chi connectivity index (χ0n) is 9.14. The number of carbonyl (C=O) groups is 2. The van der Waals surface area contributed by atoms with Crippen molar-refractivity contribution in [3.05, 3.63) is 17.5 Å². The van der Waals surface area contributed by atoms with Crippen LogP contribution in [0, 0.1) is 6.92 Å². The number of aliphatic carboxylic acids is 1. The number of hydrogen-bond acceptors (Lipinski definition) is 5. The number of carboxylic acid groups (broad SMARTS) is 1. The largest absolute Gasteiger partial charge is 0.480 e. The number of aliphatic hydroxyl groups is 1. The predicted octanol–water partition coefficient (Wildman–Crippen LogP) is -0.772. The quantitative estimate of drug-likeness (QED) is 0.538. The summed E-state index contributed by atoms with van der Waals surface area (Å²) in [7, 11) is 0. The first-order valence-corrected chi connectivity index (χ1v) is 4.83. The maximum atomic E-state index is 11.2. The van der Waals surface area contributed by atoms with Crippen molar-refractivity contribution in [2.24, 2.45) is 0 Å². The van der Waals surface area contributed by atoms with Crippen molar-refractivity contribution in [1.82, 2.24) is 15.8 Å². The monoisotopic (exact) mass is 243 g/mol. The average molecular weight is 243 g/mol. The molecule has 1 atom stereocenters. The van der Waals surface area contributed by atoms with Crippen molar-refractivity contribution >= 4 is 12.0 Å². The van der Waals surface area contributed by atoms with E-state index in [2.05, 4.69) is 15.8 Å². The van der Waals surface area contributed by atoms with E-state index in [4.69, 9.17) is 14.7 Å². The highest BCUT2D eigenvalue weighted by molar-refractivity contribution is 5.82. The van der Waals surface area contributed by atoms with Gasteiger partial charge in [-0.15, -0.1) is 0 Å². The maximum absolute atomic E-state index is 11.2. The minimum absolute atomic E-state index is 0.112. The van der Waals surface area contributed by atoms with Crippen LogP contribution in [0.2, 0.25) is 0 Å². The number of aromatic nitrogens is 1. The Morgan fingerprint density at radius 2 is 2.29 bits per heavy atom. The first-order chi connectivity index (χ1) is 8.02. The summed E-state index contributed by atoms with van der Waals surface area (Å²) in [6.45, 7) is 1.15. The summed E-state index contributed by atoms with van der Waals surface area (Å²) in [6.07, 6.45) is 0. The summed E-state index contributed by atoms with van der Waals surface area (Å²) >= 11 is 0. The molecule has 1 aromatic heterocycles. The lowest BCUT2D eigenvalue weighted by atomic mass is 10.3. The Labute approximate surface area is 96.6 Å². The van der Waals surface area contributed by atoms with Crippen molar-refractivity contribution in [2.45, 2.75) is 19.5 Å². The molecule has 0 spiro atoms. The lowest BCUT2D eigenvalue weighted by Crippen LogP contribution is -2.47. The zero-order chi connectivity index (χ0) is 12.8. The summed E-state index contributed by atoms with van der Waals surface area (Å²) < 4.78 is 4.78. The molecule has 0 saturated carbocycles. The first kappa shape index (κ1) is 13.0. The Bertz CT molecular complexity index is 403. The third kappa shape index (κ3) is 4.11. The third-order valence-corrected chi connectivity index (χ3v) is 1.89. The van der Waals surface area contributed by atoms with Gasteiger partial charge in [0.1, 0.15) is 11.5 Å². The second-order valence-electron chi connectivity index (χ2n) is 3.33. The molecule has 0 fully saturated rings. The molecule has 0 aliphatic rings. The molecule has 2 amide bonds. The van der Waals surface area contributed by atoms with E-state index in [1.54, 1.807) is 13.0 Å². The number of hydrogen-bond donors (Lipinski definition) is 4. The summed E-state index contributed by atoms with van der Waals surface area (Å²) in [6, 6.07) is -0.387. The number of rotatable bonds is 5. The normalized spacial score (nSPS) is 11.9. The summed E-state index contributed by atoms with van der Waals surface area (Å²) in [5.74, 6) is -0.694. The molecule has 0 aromatic carbocycles. The molecule has 0 unspecified atom stereocenters. The van der Waals surface area contributed by atoms with Crippen LogP contribution in [0.1, 0.15) is 11.5 Å². The van der Waals surface area contributed by atoms with Gasteiger partial charge in [0, 0.05) is 6.07 Å². The molecule has 4 N–H and O–H groups in total. The van der Waals surface area contributed by atoms with Crippen molar-refractivity contribution in [2.75, 3.05) is 6.61 Å². The average Bonchev–Trinajstić information content (AvgIpc) is 2.68. The Hall–Kier alpha value is -2.09. The van der Waals surface area contributed by atoms with Gasteiger partial charge < -0.3 is 25.4 Å². The Morgan fingerprint density at radius 3 is 2.76 bits per heavy atom. The third-order valence-electron chi connectivity index (χ3n) is 1.89. The fraction of sp³-hybridized carbons (Fsp3) is 0.444. The van der Waals surface area contributed by atoms with E-state index in [9.17, 15) is 9.59 Å². The van der Waals surface area contributed by atoms with Crippen LogP contribution in [0.25, 0.3) is 0 Å². The molecule has 8 nitrogen and oxygen atoms in total. The Kier molecular flexibility index (Phi) is 4.46. The lowest BCUT2D eigenvalue weighted by molar-refractivity contribution is -0.140. The van der Waals surface area contributed by atoms with E-state index in [1.165, 1.54) is 0 Å². The molecule has 8 heteroatoms. The number of aryl methyl sites for hydroxylation is 1. The van der Waals surface area contributed by atoms with Gasteiger partial charge in [-0.2, -0.15) is 0 Å². The highest BCUT2D eigenvalue weighted by Crippen LogP contribution is 2.00. The van der Waals surface area contributed by atoms with Gasteiger partial charge in [0.2, 0.25) is 0 Å². The minimum atomic E-state index is -1.32. The van der Waals surface area contributed by atoms with Gasteiger partial charge in [0.25, 0.3) is 0 Å². The van der Waals surface area contributed by atoms with Gasteiger partial charge in [-0.25, -0.2) is 9.59 Å². The van der Waals surface area contributed by atoms with Crippen LogP contribution in [0.5, 0.6) is 0 Å². The van der Waals surface area contributed by atoms with E-state index in [0.717, 1.165) is 0 Å². The van der Waals surface area contributed by atoms with Gasteiger partial charge in [-0.1, -0.05) is 5.16 Å². The molecule has 0 aliphatic heterocycles. The molecule has 0 bridgehead atoms. The van der Waals surface area contributed by atoms with Crippen LogP contribution < -0.4 is 10.6 Å². The topological polar surface area (TPSA) is 125 Å². The van der Waals surface area contributed by atoms with Gasteiger partial charge >= 0.3 is 12.0 Å². The van der Waals surface area contributed by atoms with Crippen LogP contribution in [-0.4, -0.2) is 40.0 Å². The molecule has 0 aliphatic carbocycles. The molecule has 1 aromatic rings. The van der Waals surface area contributed by atoms with Gasteiger partial charge in [-0.05, 0) is 6.92 Å². The number of carboxylic acids is 1. The zero-order valence-corrected chi connectivity index (χ0v) is 9.14. The van der Waals surface area contributed by atoms with Gasteiger partial charge in [-0.3, -0.25) is 0 Å². The Balaban J connectivity index is 2.37. The predicted molar refractivity (Wildman–Crippen MR) is 55.1 cm³/mol. The molecule has 1 heterocycles. The first-order valence-electron chi connectivity index (χ1n) is 4.83. The smallest absolute Gasteiger partial charge is 0.328 e. The maximum Gasteiger partial charge on any atom is 0.328 e. The second-order valence-corrected chi connectivity index (χ2v) is 3.33. The highest BCUT2D eigenvalue weighted by Gasteiger charge is 2.18. The summed E-state index contributed by atoms with van der Waals surface area (Å²) in [5.41, 5.74) is 0.522. The molecule has 94 valence electrons. The number of nitrogens with zero attached hydrogens (tertiary/aromatic N) is 1. The van der Waals surface area contributed by atoms with E-state index in [0.29, 0.717) is 11.5 Å². The number of urea groups is 1. The number of aliphatic hydroxyl groups excluding tert-OH is 1. The second kappa shape index (κ2) is 5.85. The Morgan fingerprint density at radius 1 is 1.59 bits per heavy atom. The molecule has 0 saturated heterocycles. The molecular weight excluding hydrogens is 230 g/mol. The van der Waals surface area contributed by atoms with Crippen molar-refractivity contribution in [1.29, 1.82) is 0 Å². The van der Waals surface area contributed by atoms with Crippen LogP contribution in [-0.2, 0) is 11.3 Å². The highest BCUT2D eigenvalue weighted by atomic mass is 16.5. The lowest BCUT2D eigenvalue weighted by Gasteiger charge is -2.11. The van der Waals surface area contributed by atoms with Crippen LogP contribution in [0.3, 0.4) is 0 Å². The SMILES string of the molecule is Cc1cc(CNC(=O)N[C@@H](CO)C(=O)O)no1. The van der Waals surface area contributed by atoms with Crippen molar-refractivity contribution < 1.29 is 24.3 Å². The fourth-order valence-electron chi connectivity index (χ4n) is 1.07. The van der Waals surface area contributed by atoms with Crippen molar-refractivity contribution in [3.8, 4) is 0 Å². The molecular formula is C9H13N3O5. The van der Waals surface area contributed by atoms with Gasteiger partial charge in [0.05, 0.1) is 13.2 Å².